The summed E-state index contributed by atoms with van der Waals surface area (Å²) in [5, 5.41) is 0. The monoisotopic (exact) mass is 354 g/mol. The van der Waals surface area contributed by atoms with Gasteiger partial charge < -0.3 is 4.74 Å². The number of hydrogen-bond donors (Lipinski definition) is 0. The Hall–Kier alpha value is -2.14. The third-order valence-electron chi connectivity index (χ3n) is 5.90. The predicted octanol–water partition coefficient (Wildman–Crippen LogP) is 3.13. The number of hydrogen-bond acceptors (Lipinski definition) is 4. The van der Waals surface area contributed by atoms with Gasteiger partial charge in [0.25, 0.3) is 11.7 Å². The molecule has 0 atom stereocenters. The van der Waals surface area contributed by atoms with Crippen LogP contribution in [0.15, 0.2) is 18.2 Å². The number of carbonyl (C=O) groups is 2. The minimum atomic E-state index is -0.516. The molecule has 138 valence electrons. The number of likely N-dealkylation sites (tertiary alicyclic amines) is 1. The highest BCUT2D eigenvalue weighted by molar-refractivity contribution is 6.53. The molecule has 5 heteroatoms. The summed E-state index contributed by atoms with van der Waals surface area (Å²) >= 11 is 0. The van der Waals surface area contributed by atoms with Crippen molar-refractivity contribution in [1.29, 1.82) is 0 Å². The number of piperidine rings is 1. The Labute approximate surface area is 154 Å². The average Bonchev–Trinajstić information content (AvgIpc) is 2.86. The molecule has 4 rings (SSSR count). The quantitative estimate of drug-likeness (QED) is 0.783. The summed E-state index contributed by atoms with van der Waals surface area (Å²) in [6.45, 7) is 9.33. The van der Waals surface area contributed by atoms with Gasteiger partial charge in [-0.2, -0.15) is 0 Å². The highest BCUT2D eigenvalue weighted by Gasteiger charge is 2.47. The smallest absolute Gasteiger partial charge is 0.300 e. The number of anilines is 1. The molecular formula is C21H26N2O3. The van der Waals surface area contributed by atoms with Crippen molar-refractivity contribution >= 4 is 23.0 Å². The molecule has 3 aliphatic rings. The van der Waals surface area contributed by atoms with Gasteiger partial charge in [0.2, 0.25) is 0 Å². The lowest BCUT2D eigenvalue weighted by atomic mass is 9.87. The van der Waals surface area contributed by atoms with E-state index in [9.17, 15) is 9.59 Å². The Morgan fingerprint density at radius 3 is 2.46 bits per heavy atom. The normalized spacial score (nSPS) is 22.5. The minimum absolute atomic E-state index is 0.435. The molecule has 26 heavy (non-hydrogen) atoms. The lowest BCUT2D eigenvalue weighted by Gasteiger charge is -2.40. The third kappa shape index (κ3) is 2.57. The van der Waals surface area contributed by atoms with Crippen LogP contribution in [0.25, 0.3) is 5.57 Å². The van der Waals surface area contributed by atoms with Crippen molar-refractivity contribution in [2.75, 3.05) is 31.6 Å². The lowest BCUT2D eigenvalue weighted by molar-refractivity contribution is -0.115. The van der Waals surface area contributed by atoms with Gasteiger partial charge in [0, 0.05) is 12.1 Å². The van der Waals surface area contributed by atoms with E-state index in [1.807, 2.05) is 19.9 Å². The van der Waals surface area contributed by atoms with Crippen LogP contribution >= 0.6 is 0 Å². The zero-order valence-electron chi connectivity index (χ0n) is 16.0. The second-order valence-electron chi connectivity index (χ2n) is 8.32. The molecule has 0 saturated carbocycles. The molecule has 0 aromatic heterocycles. The highest BCUT2D eigenvalue weighted by atomic mass is 16.5. The molecule has 5 nitrogen and oxygen atoms in total. The number of ether oxygens (including phenoxy) is 1. The first-order valence-electron chi connectivity index (χ1n) is 9.37. The van der Waals surface area contributed by atoms with Crippen molar-refractivity contribution in [3.63, 3.8) is 0 Å². The number of rotatable bonds is 3. The summed E-state index contributed by atoms with van der Waals surface area (Å²) in [6.07, 6.45) is 4.58. The van der Waals surface area contributed by atoms with Crippen LogP contribution < -0.4 is 9.64 Å². The maximum absolute atomic E-state index is 12.6. The van der Waals surface area contributed by atoms with Gasteiger partial charge in [-0.3, -0.25) is 19.4 Å². The number of carbonyl (C=O) groups excluding carboxylic acids is 2. The van der Waals surface area contributed by atoms with E-state index in [1.165, 1.54) is 18.4 Å². The molecular weight excluding hydrogens is 328 g/mol. The summed E-state index contributed by atoms with van der Waals surface area (Å²) in [6, 6.07) is 3.66. The second kappa shape index (κ2) is 5.95. The van der Waals surface area contributed by atoms with E-state index < -0.39 is 17.2 Å². The van der Waals surface area contributed by atoms with E-state index in [4.69, 9.17) is 4.74 Å². The fourth-order valence-corrected chi connectivity index (χ4v) is 4.41. The molecule has 1 aromatic carbocycles. The van der Waals surface area contributed by atoms with Gasteiger partial charge in [-0.15, -0.1) is 0 Å². The number of Topliss-reactive ketones (excluding diaryl/α,β-unsaturated/α-hetero) is 1. The van der Waals surface area contributed by atoms with Gasteiger partial charge >= 0.3 is 0 Å². The number of nitrogens with zero attached hydrogens (tertiary/aromatic N) is 2. The Morgan fingerprint density at radius 2 is 1.81 bits per heavy atom. The van der Waals surface area contributed by atoms with Crippen LogP contribution in [0.3, 0.4) is 0 Å². The maximum Gasteiger partial charge on any atom is 0.300 e. The van der Waals surface area contributed by atoms with E-state index in [2.05, 4.69) is 17.9 Å². The average molecular weight is 354 g/mol. The van der Waals surface area contributed by atoms with Crippen molar-refractivity contribution in [3.05, 3.63) is 29.3 Å². The zero-order valence-corrected chi connectivity index (χ0v) is 16.0. The first kappa shape index (κ1) is 17.3. The Balaban J connectivity index is 1.79. The van der Waals surface area contributed by atoms with Gasteiger partial charge in [-0.25, -0.2) is 0 Å². The van der Waals surface area contributed by atoms with Gasteiger partial charge in [0.05, 0.1) is 23.9 Å². The van der Waals surface area contributed by atoms with Gasteiger partial charge in [-0.05, 0) is 63.4 Å². The van der Waals surface area contributed by atoms with E-state index in [0.29, 0.717) is 11.3 Å². The van der Waals surface area contributed by atoms with Crippen LogP contribution in [0.2, 0.25) is 0 Å². The first-order valence-corrected chi connectivity index (χ1v) is 9.37. The Kier molecular flexibility index (Phi) is 3.95. The van der Waals surface area contributed by atoms with Crippen LogP contribution in [-0.2, 0) is 4.79 Å². The number of ketones is 1. The zero-order chi connectivity index (χ0) is 18.6. The second-order valence-corrected chi connectivity index (χ2v) is 8.32. The molecule has 0 spiro atoms. The van der Waals surface area contributed by atoms with Gasteiger partial charge in [0.1, 0.15) is 5.75 Å². The number of benzene rings is 1. The summed E-state index contributed by atoms with van der Waals surface area (Å²) in [5.74, 6) is 0.533. The van der Waals surface area contributed by atoms with Crippen molar-refractivity contribution in [3.8, 4) is 5.75 Å². The summed E-state index contributed by atoms with van der Waals surface area (Å²) in [7, 11) is 1.59. The lowest BCUT2D eigenvalue weighted by Crippen LogP contribution is -2.48. The van der Waals surface area contributed by atoms with E-state index >= 15 is 0 Å². The van der Waals surface area contributed by atoms with E-state index in [1.54, 1.807) is 18.1 Å². The molecule has 0 bridgehead atoms. The van der Waals surface area contributed by atoms with Gasteiger partial charge in [-0.1, -0.05) is 13.0 Å². The molecule has 3 heterocycles. The van der Waals surface area contributed by atoms with Gasteiger partial charge in [0.15, 0.2) is 0 Å². The topological polar surface area (TPSA) is 49.9 Å². The van der Waals surface area contributed by atoms with E-state index in [0.717, 1.165) is 36.8 Å². The molecule has 1 aromatic rings. The number of amides is 1. The third-order valence-corrected chi connectivity index (χ3v) is 5.90. The van der Waals surface area contributed by atoms with Crippen molar-refractivity contribution in [2.45, 2.75) is 39.2 Å². The fraction of sp³-hybridized carbons (Fsp3) is 0.524. The standard InChI is InChI=1S/C21H26N2O3/c1-13-5-7-22(8-6-13)12-14-11-21(2,3)23-18-16(14)9-15(26-4)10-17(18)19(24)20(23)25/h9-11,13H,5-8,12H2,1-4H3. The summed E-state index contributed by atoms with van der Waals surface area (Å²) in [5.41, 5.74) is 2.84. The molecule has 0 radical (unpaired) electrons. The maximum atomic E-state index is 12.6. The largest absolute Gasteiger partial charge is 0.497 e. The Morgan fingerprint density at radius 1 is 1.15 bits per heavy atom. The SMILES string of the molecule is COc1cc2c3c(c1)C(CN1CCC(C)CC1)=CC(C)(C)N3C(=O)C2=O. The van der Waals surface area contributed by atoms with Crippen LogP contribution in [0, 0.1) is 5.92 Å². The molecule has 0 unspecified atom stereocenters. The Bertz CT molecular complexity index is 817. The summed E-state index contributed by atoms with van der Waals surface area (Å²) < 4.78 is 5.41. The molecule has 3 aliphatic heterocycles. The fourth-order valence-electron chi connectivity index (χ4n) is 4.41. The van der Waals surface area contributed by atoms with Crippen molar-refractivity contribution in [2.24, 2.45) is 5.92 Å². The molecule has 0 N–H and O–H groups in total. The van der Waals surface area contributed by atoms with Crippen LogP contribution in [0.4, 0.5) is 5.69 Å². The van der Waals surface area contributed by atoms with Crippen LogP contribution in [-0.4, -0.2) is 48.9 Å². The molecule has 1 saturated heterocycles. The molecule has 1 fully saturated rings. The van der Waals surface area contributed by atoms with Crippen molar-refractivity contribution in [1.82, 2.24) is 4.90 Å². The van der Waals surface area contributed by atoms with E-state index in [-0.39, 0.29) is 0 Å². The van der Waals surface area contributed by atoms with Crippen LogP contribution in [0.5, 0.6) is 5.75 Å². The highest BCUT2D eigenvalue weighted by Crippen LogP contribution is 2.47. The minimum Gasteiger partial charge on any atom is -0.497 e. The molecule has 1 amide bonds. The predicted molar refractivity (Wildman–Crippen MR) is 102 cm³/mol. The number of methoxy groups -OCH3 is 1. The first-order chi connectivity index (χ1) is 12.3. The van der Waals surface area contributed by atoms with Crippen LogP contribution in [0.1, 0.15) is 49.5 Å². The van der Waals surface area contributed by atoms with Crippen molar-refractivity contribution < 1.29 is 14.3 Å². The molecule has 0 aliphatic carbocycles. The summed E-state index contributed by atoms with van der Waals surface area (Å²) in [4.78, 5) is 29.3.